The second-order valence-corrected chi connectivity index (χ2v) is 17.6. The van der Waals surface area contributed by atoms with Crippen LogP contribution >= 0.6 is 0 Å². The van der Waals surface area contributed by atoms with Gasteiger partial charge in [-0.3, -0.25) is 0 Å². The van der Waals surface area contributed by atoms with Gasteiger partial charge in [0, 0.05) is 5.92 Å². The maximum Gasteiger partial charge on any atom is 0.192 e. The van der Waals surface area contributed by atoms with E-state index < -0.39 is 8.32 Å². The second kappa shape index (κ2) is 9.30. The Morgan fingerprint density at radius 1 is 1.22 bits per heavy atom. The molecule has 0 amide bonds. The van der Waals surface area contributed by atoms with Crippen molar-refractivity contribution in [2.45, 2.75) is 111 Å². The van der Waals surface area contributed by atoms with E-state index >= 15 is 0 Å². The summed E-state index contributed by atoms with van der Waals surface area (Å²) in [6, 6.07) is 0. The van der Waals surface area contributed by atoms with Crippen LogP contribution in [0.15, 0.2) is 35.5 Å². The summed E-state index contributed by atoms with van der Waals surface area (Å²) in [5.74, 6) is 5.33. The fourth-order valence-corrected chi connectivity index (χ4v) is 7.82. The van der Waals surface area contributed by atoms with Gasteiger partial charge in [-0.05, 0) is 91.8 Å². The number of hydrogen-bond acceptors (Lipinski definition) is 1. The molecule has 3 aliphatic rings. The summed E-state index contributed by atoms with van der Waals surface area (Å²) in [4.78, 5) is 0. The van der Waals surface area contributed by atoms with Crippen molar-refractivity contribution in [1.29, 1.82) is 0 Å². The number of hydrogen-bond donors (Lipinski definition) is 0. The smallest absolute Gasteiger partial charge is 0.192 e. The highest BCUT2D eigenvalue weighted by molar-refractivity contribution is 6.74. The summed E-state index contributed by atoms with van der Waals surface area (Å²) in [7, 11) is -1.82. The fourth-order valence-electron chi connectivity index (χ4n) is 6.52. The molecule has 0 bridgehead atoms. The van der Waals surface area contributed by atoms with Crippen LogP contribution in [0.25, 0.3) is 0 Å². The lowest BCUT2D eigenvalue weighted by molar-refractivity contribution is 0.114. The molecule has 3 aliphatic carbocycles. The van der Waals surface area contributed by atoms with Gasteiger partial charge in [0.15, 0.2) is 8.32 Å². The minimum Gasteiger partial charge on any atom is -0.410 e. The Labute approximate surface area is 200 Å². The van der Waals surface area contributed by atoms with E-state index in [1.165, 1.54) is 37.7 Å². The third kappa shape index (κ3) is 4.90. The van der Waals surface area contributed by atoms with Crippen LogP contribution in [0, 0.1) is 41.4 Å². The molecular weight excluding hydrogens is 404 g/mol. The van der Waals surface area contributed by atoms with Crippen molar-refractivity contribution < 1.29 is 4.43 Å². The molecule has 0 saturated heterocycles. The first-order chi connectivity index (χ1) is 14.8. The standard InChI is InChI=1S/C30H48OSi/c1-11-21(2)26-16-17-27-25(13-12-18-30(26,27)8)15-14-24-19-22(3)23(4)28(20-24)31-32(9,10)29(5,6)7/h1,14-15,21-22,26-28H,4,12-13,16-20H2,2-3,5-10H3/b24-14-,25-15+/t21-,22-,26-,27?,28-,30-/m1/s1. The predicted octanol–water partition coefficient (Wildman–Crippen LogP) is 8.70. The number of allylic oxidation sites excluding steroid dienone is 3. The van der Waals surface area contributed by atoms with E-state index in [9.17, 15) is 0 Å². The van der Waals surface area contributed by atoms with Crippen LogP contribution in [-0.4, -0.2) is 14.4 Å². The molecule has 3 saturated carbocycles. The van der Waals surface area contributed by atoms with E-state index in [-0.39, 0.29) is 11.1 Å². The van der Waals surface area contributed by atoms with Crippen molar-refractivity contribution in [1.82, 2.24) is 0 Å². The van der Waals surface area contributed by atoms with Crippen molar-refractivity contribution in [3.05, 3.63) is 35.5 Å². The highest BCUT2D eigenvalue weighted by Gasteiger charge is 2.50. The van der Waals surface area contributed by atoms with Crippen molar-refractivity contribution in [3.63, 3.8) is 0 Å². The van der Waals surface area contributed by atoms with Gasteiger partial charge in [-0.1, -0.05) is 71.4 Å². The van der Waals surface area contributed by atoms with Gasteiger partial charge in [-0.2, -0.15) is 0 Å². The van der Waals surface area contributed by atoms with Gasteiger partial charge < -0.3 is 4.43 Å². The predicted molar refractivity (Wildman–Crippen MR) is 142 cm³/mol. The lowest BCUT2D eigenvalue weighted by atomic mass is 9.61. The Balaban J connectivity index is 1.79. The van der Waals surface area contributed by atoms with E-state index in [1.807, 2.05) is 0 Å². The minimum atomic E-state index is -1.82. The van der Waals surface area contributed by atoms with Gasteiger partial charge >= 0.3 is 0 Å². The maximum atomic E-state index is 6.85. The molecule has 0 aromatic heterocycles. The molecule has 0 radical (unpaired) electrons. The Kier molecular flexibility index (Phi) is 7.44. The molecule has 0 spiro atoms. The van der Waals surface area contributed by atoms with Gasteiger partial charge in [0.1, 0.15) is 0 Å². The normalized spacial score (nSPS) is 37.4. The molecule has 6 atom stereocenters. The number of fused-ring (bicyclic) bond motifs is 1. The van der Waals surface area contributed by atoms with E-state index in [1.54, 1.807) is 11.1 Å². The van der Waals surface area contributed by atoms with Gasteiger partial charge in [0.2, 0.25) is 0 Å². The van der Waals surface area contributed by atoms with E-state index in [0.29, 0.717) is 29.1 Å². The third-order valence-electron chi connectivity index (χ3n) is 9.74. The first-order valence-corrected chi connectivity index (χ1v) is 15.9. The molecule has 178 valence electrons. The maximum absolute atomic E-state index is 6.85. The summed E-state index contributed by atoms with van der Waals surface area (Å²) >= 11 is 0. The molecular formula is C30H48OSi. The lowest BCUT2D eigenvalue weighted by Crippen LogP contribution is -2.45. The second-order valence-electron chi connectivity index (χ2n) is 12.9. The zero-order chi connectivity index (χ0) is 23.9. The lowest BCUT2D eigenvalue weighted by Gasteiger charge is -2.43. The van der Waals surface area contributed by atoms with E-state index in [4.69, 9.17) is 10.8 Å². The molecule has 1 nitrogen and oxygen atoms in total. The van der Waals surface area contributed by atoms with Crippen molar-refractivity contribution in [2.24, 2.45) is 29.1 Å². The highest BCUT2D eigenvalue weighted by atomic mass is 28.4. The van der Waals surface area contributed by atoms with Crippen LogP contribution in [0.3, 0.4) is 0 Å². The average molecular weight is 453 g/mol. The van der Waals surface area contributed by atoms with Crippen molar-refractivity contribution in [2.75, 3.05) is 0 Å². The summed E-state index contributed by atoms with van der Waals surface area (Å²) < 4.78 is 6.85. The van der Waals surface area contributed by atoms with Crippen molar-refractivity contribution >= 4 is 8.32 Å². The molecule has 0 aliphatic heterocycles. The monoisotopic (exact) mass is 452 g/mol. The van der Waals surface area contributed by atoms with Gasteiger partial charge in [-0.15, -0.1) is 12.3 Å². The van der Waals surface area contributed by atoms with Crippen LogP contribution < -0.4 is 0 Å². The summed E-state index contributed by atoms with van der Waals surface area (Å²) in [6.07, 6.45) is 19.6. The fraction of sp³-hybridized carbons (Fsp3) is 0.733. The minimum absolute atomic E-state index is 0.174. The van der Waals surface area contributed by atoms with Crippen LogP contribution in [0.5, 0.6) is 0 Å². The first-order valence-electron chi connectivity index (χ1n) is 13.0. The van der Waals surface area contributed by atoms with Crippen LogP contribution in [0.2, 0.25) is 18.1 Å². The number of rotatable bonds is 4. The Bertz CT molecular complexity index is 817. The quantitative estimate of drug-likeness (QED) is 0.235. The van der Waals surface area contributed by atoms with Gasteiger partial charge in [0.05, 0.1) is 6.10 Å². The molecule has 0 N–H and O–H groups in total. The van der Waals surface area contributed by atoms with Crippen LogP contribution in [0.1, 0.15) is 86.5 Å². The summed E-state index contributed by atoms with van der Waals surface area (Å²) in [6.45, 7) is 23.3. The number of terminal acetylenes is 1. The molecule has 32 heavy (non-hydrogen) atoms. The topological polar surface area (TPSA) is 9.23 Å². The molecule has 2 heteroatoms. The zero-order valence-corrected chi connectivity index (χ0v) is 23.2. The van der Waals surface area contributed by atoms with E-state index in [0.717, 1.165) is 12.8 Å². The third-order valence-corrected chi connectivity index (χ3v) is 14.2. The molecule has 0 heterocycles. The summed E-state index contributed by atoms with van der Waals surface area (Å²) in [5.41, 5.74) is 4.90. The van der Waals surface area contributed by atoms with Crippen LogP contribution in [-0.2, 0) is 4.43 Å². The highest BCUT2D eigenvalue weighted by Crippen LogP contribution is 2.59. The Morgan fingerprint density at radius 3 is 2.53 bits per heavy atom. The van der Waals surface area contributed by atoms with Gasteiger partial charge in [0.25, 0.3) is 0 Å². The first kappa shape index (κ1) is 25.6. The average Bonchev–Trinajstić information content (AvgIpc) is 3.05. The Morgan fingerprint density at radius 2 is 1.91 bits per heavy atom. The zero-order valence-electron chi connectivity index (χ0n) is 22.2. The van der Waals surface area contributed by atoms with Gasteiger partial charge in [-0.25, -0.2) is 0 Å². The molecule has 0 aromatic rings. The molecule has 0 aromatic carbocycles. The molecule has 1 unspecified atom stereocenters. The SMILES string of the molecule is C#C[C@@H](C)[C@H]1CCC2/C(=C/C=C3/C[C@@H](C)C(=C)[C@H](O[Si](C)(C)C(C)(C)C)C3)CCC[C@@]21C. The van der Waals surface area contributed by atoms with Crippen LogP contribution in [0.4, 0.5) is 0 Å². The Hall–Kier alpha value is -1.04. The van der Waals surface area contributed by atoms with E-state index in [2.05, 4.69) is 79.3 Å². The van der Waals surface area contributed by atoms with Crippen molar-refractivity contribution in [3.8, 4) is 12.3 Å². The summed E-state index contributed by atoms with van der Waals surface area (Å²) in [5, 5.41) is 0.223. The molecule has 3 rings (SSSR count). The molecule has 3 fully saturated rings. The largest absolute Gasteiger partial charge is 0.410 e.